The maximum atomic E-state index is 12.6. The number of carbonyl (C=O) groups is 2. The topological polar surface area (TPSA) is 58.6 Å². The van der Waals surface area contributed by atoms with Crippen molar-refractivity contribution >= 4 is 23.2 Å². The Bertz CT molecular complexity index is 858. The molecule has 2 amide bonds. The van der Waals surface area contributed by atoms with E-state index in [4.69, 9.17) is 4.74 Å². The SMILES string of the molecule is C=CCOc1ccc(NC(=O)[C@@H]2CC(=O)N(c3cc(C)ccc3C)C2)cc1. The van der Waals surface area contributed by atoms with Crippen LogP contribution >= 0.6 is 0 Å². The van der Waals surface area contributed by atoms with E-state index in [-0.39, 0.29) is 24.2 Å². The van der Waals surface area contributed by atoms with E-state index in [1.54, 1.807) is 35.2 Å². The molecule has 1 atom stereocenters. The van der Waals surface area contributed by atoms with Gasteiger partial charge in [0.2, 0.25) is 11.8 Å². The van der Waals surface area contributed by atoms with Crippen LogP contribution in [-0.2, 0) is 9.59 Å². The Morgan fingerprint density at radius 2 is 2.00 bits per heavy atom. The van der Waals surface area contributed by atoms with Crippen molar-refractivity contribution in [3.8, 4) is 5.75 Å². The molecule has 1 fully saturated rings. The van der Waals surface area contributed by atoms with Crippen LogP contribution in [-0.4, -0.2) is 25.0 Å². The molecule has 0 aliphatic carbocycles. The van der Waals surface area contributed by atoms with Crippen molar-refractivity contribution in [2.75, 3.05) is 23.4 Å². The molecular formula is C22H24N2O3. The number of aryl methyl sites for hydroxylation is 2. The first kappa shape index (κ1) is 18.7. The lowest BCUT2D eigenvalue weighted by Crippen LogP contribution is -2.28. The lowest BCUT2D eigenvalue weighted by Gasteiger charge is -2.19. The number of benzene rings is 2. The van der Waals surface area contributed by atoms with Gasteiger partial charge in [-0.3, -0.25) is 9.59 Å². The average Bonchev–Trinajstić information content (AvgIpc) is 3.05. The fourth-order valence-corrected chi connectivity index (χ4v) is 3.16. The summed E-state index contributed by atoms with van der Waals surface area (Å²) in [6.07, 6.45) is 1.90. The van der Waals surface area contributed by atoms with E-state index in [9.17, 15) is 9.59 Å². The highest BCUT2D eigenvalue weighted by Crippen LogP contribution is 2.29. The van der Waals surface area contributed by atoms with Crippen molar-refractivity contribution in [3.63, 3.8) is 0 Å². The zero-order valence-corrected chi connectivity index (χ0v) is 15.7. The van der Waals surface area contributed by atoms with Gasteiger partial charge in [-0.1, -0.05) is 24.8 Å². The van der Waals surface area contributed by atoms with E-state index in [0.717, 1.165) is 16.8 Å². The van der Waals surface area contributed by atoms with Crippen LogP contribution in [0.15, 0.2) is 55.1 Å². The van der Waals surface area contributed by atoms with Gasteiger partial charge >= 0.3 is 0 Å². The molecule has 1 heterocycles. The van der Waals surface area contributed by atoms with Crippen LogP contribution in [0.4, 0.5) is 11.4 Å². The van der Waals surface area contributed by atoms with Gasteiger partial charge in [0.15, 0.2) is 0 Å². The minimum Gasteiger partial charge on any atom is -0.490 e. The summed E-state index contributed by atoms with van der Waals surface area (Å²) in [7, 11) is 0. The van der Waals surface area contributed by atoms with Crippen molar-refractivity contribution in [2.45, 2.75) is 20.3 Å². The largest absolute Gasteiger partial charge is 0.490 e. The molecule has 2 aromatic carbocycles. The quantitative estimate of drug-likeness (QED) is 0.792. The van der Waals surface area contributed by atoms with Gasteiger partial charge in [-0.2, -0.15) is 0 Å². The number of hydrogen-bond donors (Lipinski definition) is 1. The molecule has 140 valence electrons. The van der Waals surface area contributed by atoms with Crippen LogP contribution in [0.2, 0.25) is 0 Å². The Kier molecular flexibility index (Phi) is 5.60. The minimum absolute atomic E-state index is 0.0166. The van der Waals surface area contributed by atoms with Gasteiger partial charge in [0.1, 0.15) is 12.4 Å². The van der Waals surface area contributed by atoms with E-state index >= 15 is 0 Å². The molecule has 27 heavy (non-hydrogen) atoms. The Balaban J connectivity index is 1.65. The number of ether oxygens (including phenoxy) is 1. The standard InChI is InChI=1S/C22H24N2O3/c1-4-11-27-19-9-7-18(8-10-19)23-22(26)17-13-21(25)24(14-17)20-12-15(2)5-6-16(20)3/h4-10,12,17H,1,11,13-14H2,2-3H3,(H,23,26)/t17-/m1/s1. The Hall–Kier alpha value is -3.08. The summed E-state index contributed by atoms with van der Waals surface area (Å²) >= 11 is 0. The number of nitrogens with one attached hydrogen (secondary N) is 1. The first-order valence-electron chi connectivity index (χ1n) is 9.00. The lowest BCUT2D eigenvalue weighted by atomic mass is 10.1. The van der Waals surface area contributed by atoms with Gasteiger partial charge in [-0.15, -0.1) is 0 Å². The van der Waals surface area contributed by atoms with Gasteiger partial charge < -0.3 is 15.0 Å². The molecule has 2 aromatic rings. The fourth-order valence-electron chi connectivity index (χ4n) is 3.16. The van der Waals surface area contributed by atoms with Crippen molar-refractivity contribution in [2.24, 2.45) is 5.92 Å². The van der Waals surface area contributed by atoms with Gasteiger partial charge in [0.05, 0.1) is 5.92 Å². The van der Waals surface area contributed by atoms with E-state index in [1.807, 2.05) is 32.0 Å². The maximum absolute atomic E-state index is 12.6. The molecule has 0 unspecified atom stereocenters. The summed E-state index contributed by atoms with van der Waals surface area (Å²) in [5.41, 5.74) is 3.70. The normalized spacial score (nSPS) is 16.3. The van der Waals surface area contributed by atoms with Crippen LogP contribution in [0.5, 0.6) is 5.75 Å². The van der Waals surface area contributed by atoms with Crippen LogP contribution in [0, 0.1) is 19.8 Å². The molecular weight excluding hydrogens is 340 g/mol. The molecule has 5 heteroatoms. The number of nitrogens with zero attached hydrogens (tertiary/aromatic N) is 1. The third-order valence-corrected chi connectivity index (χ3v) is 4.64. The van der Waals surface area contributed by atoms with Crippen molar-refractivity contribution in [1.29, 1.82) is 0 Å². The van der Waals surface area contributed by atoms with Crippen molar-refractivity contribution in [1.82, 2.24) is 0 Å². The minimum atomic E-state index is -0.367. The highest BCUT2D eigenvalue weighted by Gasteiger charge is 2.35. The van der Waals surface area contributed by atoms with E-state index in [1.165, 1.54) is 0 Å². The Morgan fingerprint density at radius 3 is 2.70 bits per heavy atom. The molecule has 5 nitrogen and oxygen atoms in total. The van der Waals surface area contributed by atoms with Crippen LogP contribution in [0.3, 0.4) is 0 Å². The average molecular weight is 364 g/mol. The van der Waals surface area contributed by atoms with Gasteiger partial charge in [0.25, 0.3) is 0 Å². The molecule has 1 aliphatic heterocycles. The maximum Gasteiger partial charge on any atom is 0.229 e. The molecule has 0 spiro atoms. The third-order valence-electron chi connectivity index (χ3n) is 4.64. The number of amides is 2. The molecule has 3 rings (SSSR count). The second-order valence-electron chi connectivity index (χ2n) is 6.81. The number of carbonyl (C=O) groups excluding carboxylic acids is 2. The summed E-state index contributed by atoms with van der Waals surface area (Å²) in [5, 5.41) is 2.89. The van der Waals surface area contributed by atoms with Gasteiger partial charge in [-0.25, -0.2) is 0 Å². The highest BCUT2D eigenvalue weighted by atomic mass is 16.5. The first-order valence-corrected chi connectivity index (χ1v) is 9.00. The Morgan fingerprint density at radius 1 is 1.26 bits per heavy atom. The fraction of sp³-hybridized carbons (Fsp3) is 0.273. The van der Waals surface area contributed by atoms with E-state index < -0.39 is 0 Å². The summed E-state index contributed by atoms with van der Waals surface area (Å²) in [6, 6.07) is 13.2. The van der Waals surface area contributed by atoms with E-state index in [0.29, 0.717) is 24.6 Å². The molecule has 0 saturated carbocycles. The van der Waals surface area contributed by atoms with Crippen molar-refractivity contribution < 1.29 is 14.3 Å². The van der Waals surface area contributed by atoms with Gasteiger partial charge in [-0.05, 0) is 55.3 Å². The Labute approximate surface area is 159 Å². The smallest absolute Gasteiger partial charge is 0.229 e. The summed E-state index contributed by atoms with van der Waals surface area (Å²) in [4.78, 5) is 26.8. The second kappa shape index (κ2) is 8.08. The molecule has 0 radical (unpaired) electrons. The zero-order valence-electron chi connectivity index (χ0n) is 15.7. The number of hydrogen-bond acceptors (Lipinski definition) is 3. The van der Waals surface area contributed by atoms with Crippen LogP contribution < -0.4 is 15.0 Å². The zero-order chi connectivity index (χ0) is 19.4. The predicted octanol–water partition coefficient (Wildman–Crippen LogP) is 3.86. The van der Waals surface area contributed by atoms with Crippen LogP contribution in [0.1, 0.15) is 17.5 Å². The van der Waals surface area contributed by atoms with E-state index in [2.05, 4.69) is 11.9 Å². The van der Waals surface area contributed by atoms with Crippen LogP contribution in [0.25, 0.3) is 0 Å². The summed E-state index contributed by atoms with van der Waals surface area (Å²) in [6.45, 7) is 8.41. The molecule has 1 saturated heterocycles. The monoisotopic (exact) mass is 364 g/mol. The second-order valence-corrected chi connectivity index (χ2v) is 6.81. The molecule has 0 aromatic heterocycles. The first-order chi connectivity index (χ1) is 13.0. The highest BCUT2D eigenvalue weighted by molar-refractivity contribution is 6.03. The van der Waals surface area contributed by atoms with Gasteiger partial charge in [0, 0.05) is 24.3 Å². The lowest BCUT2D eigenvalue weighted by molar-refractivity contribution is -0.122. The van der Waals surface area contributed by atoms with Crippen molar-refractivity contribution in [3.05, 3.63) is 66.2 Å². The molecule has 0 bridgehead atoms. The predicted molar refractivity (Wildman–Crippen MR) is 107 cm³/mol. The summed E-state index contributed by atoms with van der Waals surface area (Å²) < 4.78 is 5.43. The molecule has 1 N–H and O–H groups in total. The summed E-state index contributed by atoms with van der Waals surface area (Å²) in [5.74, 6) is 0.187. The molecule has 1 aliphatic rings. The third kappa shape index (κ3) is 4.37. The number of anilines is 2. The number of rotatable bonds is 6.